The highest BCUT2D eigenvalue weighted by Gasteiger charge is 2.25. The highest BCUT2D eigenvalue weighted by molar-refractivity contribution is 6.19. The van der Waals surface area contributed by atoms with E-state index in [1.165, 1.54) is 32.5 Å². The molecule has 0 bridgehead atoms. The van der Waals surface area contributed by atoms with Gasteiger partial charge in [0.05, 0.1) is 12.0 Å². The molecule has 1 heterocycles. The van der Waals surface area contributed by atoms with Crippen LogP contribution in [0.2, 0.25) is 0 Å². The maximum absolute atomic E-state index is 12.8. The fourth-order valence-electron chi connectivity index (χ4n) is 5.48. The van der Waals surface area contributed by atoms with E-state index in [0.717, 1.165) is 28.6 Å². The SMILES string of the molecule is CC(C)Cc1ccc(-c2nccc3c2ccc2c4ccccc4ccc32)c(/C=C/O/C(=C\C(=O)C(C)(C)C)C(C)(C)C)c1. The Balaban J connectivity index is 1.62. The minimum atomic E-state index is -0.474. The van der Waals surface area contributed by atoms with Gasteiger partial charge in [-0.2, -0.15) is 0 Å². The van der Waals surface area contributed by atoms with Gasteiger partial charge in [-0.15, -0.1) is 0 Å². The Labute approximate surface area is 256 Å². The van der Waals surface area contributed by atoms with Crippen LogP contribution in [0.15, 0.2) is 97.1 Å². The number of carbonyl (C=O) groups excluding carboxylic acids is 1. The van der Waals surface area contributed by atoms with Crippen molar-refractivity contribution in [2.75, 3.05) is 0 Å². The van der Waals surface area contributed by atoms with Gasteiger partial charge >= 0.3 is 0 Å². The van der Waals surface area contributed by atoms with E-state index in [-0.39, 0.29) is 11.2 Å². The molecule has 0 saturated heterocycles. The highest BCUT2D eigenvalue weighted by Crippen LogP contribution is 2.37. The fourth-order valence-corrected chi connectivity index (χ4v) is 5.48. The van der Waals surface area contributed by atoms with Crippen LogP contribution in [0.5, 0.6) is 0 Å². The van der Waals surface area contributed by atoms with E-state index in [2.05, 4.69) is 107 Å². The molecule has 0 fully saturated rings. The molecule has 0 radical (unpaired) electrons. The molecule has 5 rings (SSSR count). The lowest BCUT2D eigenvalue weighted by Crippen LogP contribution is -2.21. The first-order chi connectivity index (χ1) is 20.3. The largest absolute Gasteiger partial charge is 0.469 e. The van der Waals surface area contributed by atoms with Crippen LogP contribution in [0.4, 0.5) is 0 Å². The monoisotopic (exact) mass is 569 g/mol. The lowest BCUT2D eigenvalue weighted by atomic mass is 9.86. The number of hydrogen-bond acceptors (Lipinski definition) is 3. The first-order valence-corrected chi connectivity index (χ1v) is 15.3. The maximum atomic E-state index is 12.8. The number of aromatic nitrogens is 1. The summed E-state index contributed by atoms with van der Waals surface area (Å²) >= 11 is 0. The van der Waals surface area contributed by atoms with Gasteiger partial charge in [0.15, 0.2) is 5.78 Å². The van der Waals surface area contributed by atoms with Crippen molar-refractivity contribution in [1.82, 2.24) is 4.98 Å². The molecule has 43 heavy (non-hydrogen) atoms. The summed E-state index contributed by atoms with van der Waals surface area (Å²) in [6.45, 7) is 16.4. The molecule has 0 aliphatic carbocycles. The summed E-state index contributed by atoms with van der Waals surface area (Å²) in [5, 5.41) is 7.26. The third kappa shape index (κ3) is 6.57. The Hall–Kier alpha value is -4.24. The zero-order valence-electron chi connectivity index (χ0n) is 26.8. The number of nitrogens with zero attached hydrogens (tertiary/aromatic N) is 1. The molecular weight excluding hydrogens is 526 g/mol. The number of fused-ring (bicyclic) bond motifs is 5. The Morgan fingerprint density at radius 3 is 2.19 bits per heavy atom. The van der Waals surface area contributed by atoms with E-state index >= 15 is 0 Å². The second-order valence-corrected chi connectivity index (χ2v) is 14.0. The Kier molecular flexibility index (Phi) is 8.29. The molecule has 3 heteroatoms. The quantitative estimate of drug-likeness (QED) is 0.111. The van der Waals surface area contributed by atoms with Gasteiger partial charge in [0, 0.05) is 34.1 Å². The topological polar surface area (TPSA) is 39.2 Å². The summed E-state index contributed by atoms with van der Waals surface area (Å²) in [6.07, 6.45) is 8.28. The zero-order valence-corrected chi connectivity index (χ0v) is 26.8. The molecule has 220 valence electrons. The summed E-state index contributed by atoms with van der Waals surface area (Å²) < 4.78 is 6.21. The number of carbonyl (C=O) groups is 1. The number of ether oxygens (including phenoxy) is 1. The zero-order chi connectivity index (χ0) is 30.9. The Morgan fingerprint density at radius 2 is 1.47 bits per heavy atom. The number of benzene rings is 4. The minimum absolute atomic E-state index is 0.0467. The summed E-state index contributed by atoms with van der Waals surface area (Å²) in [7, 11) is 0. The summed E-state index contributed by atoms with van der Waals surface area (Å²) in [4.78, 5) is 17.8. The van der Waals surface area contributed by atoms with Gasteiger partial charge in [-0.05, 0) is 62.5 Å². The van der Waals surface area contributed by atoms with Gasteiger partial charge in [0.1, 0.15) is 5.76 Å². The average Bonchev–Trinajstić information content (AvgIpc) is 2.94. The molecule has 0 amide bonds. The molecule has 1 aromatic heterocycles. The molecule has 3 nitrogen and oxygen atoms in total. The van der Waals surface area contributed by atoms with E-state index in [1.807, 2.05) is 33.0 Å². The maximum Gasteiger partial charge on any atom is 0.164 e. The molecule has 0 N–H and O–H groups in total. The fraction of sp³-hybridized carbons (Fsp3) is 0.300. The van der Waals surface area contributed by atoms with E-state index in [4.69, 9.17) is 9.72 Å². The molecule has 0 atom stereocenters. The van der Waals surface area contributed by atoms with Gasteiger partial charge in [-0.3, -0.25) is 9.78 Å². The number of pyridine rings is 1. The van der Waals surface area contributed by atoms with Crippen LogP contribution in [-0.2, 0) is 16.0 Å². The third-order valence-electron chi connectivity index (χ3n) is 7.87. The van der Waals surface area contributed by atoms with Crippen LogP contribution < -0.4 is 0 Å². The van der Waals surface area contributed by atoms with Gasteiger partial charge < -0.3 is 4.74 Å². The molecule has 0 saturated carbocycles. The summed E-state index contributed by atoms with van der Waals surface area (Å²) in [6, 6.07) is 26.2. The van der Waals surface area contributed by atoms with Gasteiger partial charge in [-0.25, -0.2) is 0 Å². The average molecular weight is 570 g/mol. The second kappa shape index (κ2) is 11.8. The third-order valence-corrected chi connectivity index (χ3v) is 7.87. The Morgan fingerprint density at radius 1 is 0.791 bits per heavy atom. The second-order valence-electron chi connectivity index (χ2n) is 14.0. The van der Waals surface area contributed by atoms with Crippen LogP contribution >= 0.6 is 0 Å². The molecule has 0 aliphatic rings. The van der Waals surface area contributed by atoms with E-state index < -0.39 is 5.41 Å². The number of allylic oxidation sites excluding steroid dienone is 2. The van der Waals surface area contributed by atoms with E-state index in [0.29, 0.717) is 11.7 Å². The smallest absolute Gasteiger partial charge is 0.164 e. The van der Waals surface area contributed by atoms with Gasteiger partial charge in [0.25, 0.3) is 0 Å². The van der Waals surface area contributed by atoms with Gasteiger partial charge in [0.2, 0.25) is 0 Å². The standard InChI is InChI=1S/C40H43NO2/c1-26(2)23-27-13-15-31(29(24-27)20-22-43-37(40(6,7)8)25-36(42)39(3,4)5)38-35-18-17-32-30-12-10-9-11-28(30)14-16-33(32)34(35)19-21-41-38/h9-22,24-26H,23H2,1-8H3/b22-20+,37-25-. The summed E-state index contributed by atoms with van der Waals surface area (Å²) in [5.41, 5.74) is 3.49. The molecular formula is C40H43NO2. The predicted octanol–water partition coefficient (Wildman–Crippen LogP) is 10.9. The lowest BCUT2D eigenvalue weighted by molar-refractivity contribution is -0.121. The van der Waals surface area contributed by atoms with Crippen LogP contribution in [0.3, 0.4) is 0 Å². The Bertz CT molecular complexity index is 1880. The summed E-state index contributed by atoms with van der Waals surface area (Å²) in [5.74, 6) is 1.23. The minimum Gasteiger partial charge on any atom is -0.469 e. The van der Waals surface area contributed by atoms with Crippen LogP contribution in [0.25, 0.3) is 49.7 Å². The number of hydrogen-bond donors (Lipinski definition) is 0. The van der Waals surface area contributed by atoms with Crippen molar-refractivity contribution in [2.45, 2.75) is 61.8 Å². The van der Waals surface area contributed by atoms with Crippen LogP contribution in [0, 0.1) is 16.7 Å². The van der Waals surface area contributed by atoms with Crippen molar-refractivity contribution in [1.29, 1.82) is 0 Å². The molecule has 5 aromatic rings. The van der Waals surface area contributed by atoms with Gasteiger partial charge in [-0.1, -0.05) is 122 Å². The predicted molar refractivity (Wildman–Crippen MR) is 183 cm³/mol. The van der Waals surface area contributed by atoms with Crippen molar-refractivity contribution in [3.8, 4) is 11.3 Å². The van der Waals surface area contributed by atoms with Crippen molar-refractivity contribution in [3.05, 3.63) is 108 Å². The normalized spacial score (nSPS) is 13.1. The molecule has 0 unspecified atom stereocenters. The van der Waals surface area contributed by atoms with Crippen LogP contribution in [0.1, 0.15) is 66.5 Å². The van der Waals surface area contributed by atoms with E-state index in [9.17, 15) is 4.79 Å². The van der Waals surface area contributed by atoms with Crippen molar-refractivity contribution >= 4 is 44.2 Å². The molecule has 4 aromatic carbocycles. The number of rotatable bonds is 7. The first-order valence-electron chi connectivity index (χ1n) is 15.3. The first kappa shape index (κ1) is 30.2. The van der Waals surface area contributed by atoms with Crippen molar-refractivity contribution in [2.24, 2.45) is 16.7 Å². The lowest BCUT2D eigenvalue weighted by Gasteiger charge is -2.23. The molecule has 0 spiro atoms. The van der Waals surface area contributed by atoms with E-state index in [1.54, 1.807) is 12.3 Å². The van der Waals surface area contributed by atoms with Crippen molar-refractivity contribution < 1.29 is 9.53 Å². The highest BCUT2D eigenvalue weighted by atomic mass is 16.5. The molecule has 0 aliphatic heterocycles. The number of ketones is 1. The van der Waals surface area contributed by atoms with Crippen molar-refractivity contribution in [3.63, 3.8) is 0 Å². The van der Waals surface area contributed by atoms with Crippen LogP contribution in [-0.4, -0.2) is 10.8 Å².